The fraction of sp³-hybridized carbons (Fsp3) is 0.267. The summed E-state index contributed by atoms with van der Waals surface area (Å²) < 4.78 is 24.0. The van der Waals surface area contributed by atoms with Crippen LogP contribution in [0, 0.1) is 0 Å². The van der Waals surface area contributed by atoms with Crippen LogP contribution in [0.15, 0.2) is 47.9 Å². The zero-order valence-electron chi connectivity index (χ0n) is 12.4. The smallest absolute Gasteiger partial charge is 0.247 e. The van der Waals surface area contributed by atoms with Crippen LogP contribution in [0.4, 0.5) is 5.69 Å². The van der Waals surface area contributed by atoms with Crippen molar-refractivity contribution in [2.24, 2.45) is 0 Å². The highest BCUT2D eigenvalue weighted by atomic mass is 32.2. The van der Waals surface area contributed by atoms with E-state index in [-0.39, 0.29) is 5.16 Å². The molecule has 22 heavy (non-hydrogen) atoms. The Hall–Kier alpha value is -2.28. The van der Waals surface area contributed by atoms with E-state index in [0.29, 0.717) is 11.6 Å². The third-order valence-electron chi connectivity index (χ3n) is 3.00. The number of carbonyl (C=O) groups excluding carboxylic acids is 1. The second-order valence-electron chi connectivity index (χ2n) is 5.12. The van der Waals surface area contributed by atoms with Crippen LogP contribution in [0.2, 0.25) is 0 Å². The van der Waals surface area contributed by atoms with E-state index in [1.165, 1.54) is 18.5 Å². The number of amides is 1. The molecule has 0 aliphatic rings. The summed E-state index contributed by atoms with van der Waals surface area (Å²) >= 11 is 0. The summed E-state index contributed by atoms with van der Waals surface area (Å²) in [4.78, 5) is 19.2. The van der Waals surface area contributed by atoms with E-state index in [4.69, 9.17) is 0 Å². The quantitative estimate of drug-likeness (QED) is 0.852. The lowest BCUT2D eigenvalue weighted by Crippen LogP contribution is -2.24. The van der Waals surface area contributed by atoms with Crippen molar-refractivity contribution in [3.63, 3.8) is 0 Å². The minimum Gasteiger partial charge on any atom is -0.325 e. The number of benzene rings is 1. The Morgan fingerprint density at radius 3 is 2.27 bits per heavy atom. The summed E-state index contributed by atoms with van der Waals surface area (Å²) in [7, 11) is -3.84. The minimum atomic E-state index is -3.84. The predicted octanol–water partition coefficient (Wildman–Crippen LogP) is 2.01. The van der Waals surface area contributed by atoms with Crippen LogP contribution in [0.3, 0.4) is 0 Å². The number of anilines is 1. The molecule has 7 heteroatoms. The average molecular weight is 319 g/mol. The van der Waals surface area contributed by atoms with E-state index in [9.17, 15) is 13.2 Å². The van der Waals surface area contributed by atoms with Crippen molar-refractivity contribution < 1.29 is 13.2 Å². The van der Waals surface area contributed by atoms with E-state index in [0.717, 1.165) is 5.56 Å². The maximum atomic E-state index is 12.0. The van der Waals surface area contributed by atoms with Crippen molar-refractivity contribution >= 4 is 21.4 Å². The van der Waals surface area contributed by atoms with Crippen LogP contribution in [0.1, 0.15) is 25.3 Å². The van der Waals surface area contributed by atoms with E-state index in [2.05, 4.69) is 29.1 Å². The Labute approximate surface area is 129 Å². The SMILES string of the molecule is CC(C)c1ccc(NC(=O)CS(=O)(=O)c2ncccn2)cc1. The Morgan fingerprint density at radius 1 is 1.14 bits per heavy atom. The fourth-order valence-electron chi connectivity index (χ4n) is 1.83. The summed E-state index contributed by atoms with van der Waals surface area (Å²) in [5.41, 5.74) is 1.70. The normalized spacial score (nSPS) is 11.4. The molecule has 1 N–H and O–H groups in total. The van der Waals surface area contributed by atoms with E-state index >= 15 is 0 Å². The molecule has 0 fully saturated rings. The molecule has 116 valence electrons. The first-order valence-electron chi connectivity index (χ1n) is 6.78. The number of sulfone groups is 1. The molecule has 1 heterocycles. The molecule has 0 saturated carbocycles. The first-order chi connectivity index (χ1) is 10.4. The van der Waals surface area contributed by atoms with Crippen LogP contribution >= 0.6 is 0 Å². The Kier molecular flexibility index (Phi) is 4.87. The summed E-state index contributed by atoms with van der Waals surface area (Å²) in [5.74, 6) is -0.923. The minimum absolute atomic E-state index is 0.347. The summed E-state index contributed by atoms with van der Waals surface area (Å²) in [6.45, 7) is 4.14. The molecule has 1 aromatic carbocycles. The van der Waals surface area contributed by atoms with Gasteiger partial charge in [-0.15, -0.1) is 0 Å². The van der Waals surface area contributed by atoms with Gasteiger partial charge in [0.1, 0.15) is 5.75 Å². The third kappa shape index (κ3) is 4.11. The zero-order valence-corrected chi connectivity index (χ0v) is 13.2. The fourth-order valence-corrected chi connectivity index (χ4v) is 2.82. The molecule has 0 radical (unpaired) electrons. The first-order valence-corrected chi connectivity index (χ1v) is 8.43. The first kappa shape index (κ1) is 16.1. The van der Waals surface area contributed by atoms with Gasteiger partial charge in [0.05, 0.1) is 0 Å². The number of hydrogen-bond acceptors (Lipinski definition) is 5. The Bertz CT molecular complexity index is 741. The summed E-state index contributed by atoms with van der Waals surface area (Å²) in [5, 5.41) is 2.21. The lowest BCUT2D eigenvalue weighted by atomic mass is 10.0. The number of nitrogens with one attached hydrogen (secondary N) is 1. The second kappa shape index (κ2) is 6.65. The highest BCUT2D eigenvalue weighted by molar-refractivity contribution is 7.91. The van der Waals surface area contributed by atoms with Gasteiger partial charge in [0, 0.05) is 18.1 Å². The molecule has 2 aromatic rings. The number of rotatable bonds is 5. The molecule has 0 atom stereocenters. The van der Waals surface area contributed by atoms with Gasteiger partial charge in [0.25, 0.3) is 0 Å². The molecular weight excluding hydrogens is 302 g/mol. The van der Waals surface area contributed by atoms with E-state index in [1.54, 1.807) is 12.1 Å². The largest absolute Gasteiger partial charge is 0.325 e. The molecule has 1 aromatic heterocycles. The van der Waals surface area contributed by atoms with Crippen molar-refractivity contribution in [1.82, 2.24) is 9.97 Å². The van der Waals surface area contributed by atoms with Gasteiger partial charge >= 0.3 is 0 Å². The Morgan fingerprint density at radius 2 is 1.73 bits per heavy atom. The molecule has 0 bridgehead atoms. The summed E-state index contributed by atoms with van der Waals surface area (Å²) in [6.07, 6.45) is 2.64. The predicted molar refractivity (Wildman–Crippen MR) is 83.2 cm³/mol. The third-order valence-corrected chi connectivity index (χ3v) is 4.41. The van der Waals surface area contributed by atoms with Gasteiger partial charge in [0.2, 0.25) is 20.9 Å². The highest BCUT2D eigenvalue weighted by Crippen LogP contribution is 2.17. The van der Waals surface area contributed by atoms with Crippen LogP contribution < -0.4 is 5.32 Å². The number of carbonyl (C=O) groups is 1. The molecule has 0 aliphatic carbocycles. The van der Waals surface area contributed by atoms with Gasteiger partial charge in [-0.1, -0.05) is 26.0 Å². The van der Waals surface area contributed by atoms with Crippen molar-refractivity contribution in [3.05, 3.63) is 48.3 Å². The lowest BCUT2D eigenvalue weighted by molar-refractivity contribution is -0.113. The van der Waals surface area contributed by atoms with Crippen molar-refractivity contribution in [2.45, 2.75) is 24.9 Å². The van der Waals surface area contributed by atoms with Gasteiger partial charge in [-0.05, 0) is 29.7 Å². The zero-order chi connectivity index (χ0) is 16.2. The van der Waals surface area contributed by atoms with Gasteiger partial charge < -0.3 is 5.32 Å². The Balaban J connectivity index is 2.04. The van der Waals surface area contributed by atoms with Crippen LogP contribution in [-0.2, 0) is 14.6 Å². The number of nitrogens with zero attached hydrogens (tertiary/aromatic N) is 2. The van der Waals surface area contributed by atoms with Crippen LogP contribution in [0.5, 0.6) is 0 Å². The standard InChI is InChI=1S/C15H17N3O3S/c1-11(2)12-4-6-13(7-5-12)18-14(19)10-22(20,21)15-16-8-3-9-17-15/h3-9,11H,10H2,1-2H3,(H,18,19). The molecule has 2 rings (SSSR count). The molecule has 0 spiro atoms. The van der Waals surface area contributed by atoms with Gasteiger partial charge in [-0.2, -0.15) is 0 Å². The van der Waals surface area contributed by atoms with E-state index < -0.39 is 21.5 Å². The summed E-state index contributed by atoms with van der Waals surface area (Å²) in [6, 6.07) is 8.80. The number of aromatic nitrogens is 2. The maximum Gasteiger partial charge on any atom is 0.247 e. The maximum absolute atomic E-state index is 12.0. The highest BCUT2D eigenvalue weighted by Gasteiger charge is 2.22. The topological polar surface area (TPSA) is 89.0 Å². The van der Waals surface area contributed by atoms with Gasteiger partial charge in [0.15, 0.2) is 0 Å². The van der Waals surface area contributed by atoms with Crippen molar-refractivity contribution in [3.8, 4) is 0 Å². The molecule has 0 saturated heterocycles. The van der Waals surface area contributed by atoms with Gasteiger partial charge in [-0.25, -0.2) is 18.4 Å². The van der Waals surface area contributed by atoms with Crippen LogP contribution in [-0.4, -0.2) is 30.0 Å². The number of hydrogen-bond donors (Lipinski definition) is 1. The van der Waals surface area contributed by atoms with Crippen LogP contribution in [0.25, 0.3) is 0 Å². The molecule has 1 amide bonds. The lowest BCUT2D eigenvalue weighted by Gasteiger charge is -2.08. The van der Waals surface area contributed by atoms with Gasteiger partial charge in [-0.3, -0.25) is 4.79 Å². The van der Waals surface area contributed by atoms with Crippen molar-refractivity contribution in [1.29, 1.82) is 0 Å². The monoisotopic (exact) mass is 319 g/mol. The molecule has 6 nitrogen and oxygen atoms in total. The molecular formula is C15H17N3O3S. The van der Waals surface area contributed by atoms with E-state index in [1.807, 2.05) is 12.1 Å². The average Bonchev–Trinajstić information content (AvgIpc) is 2.48. The molecule has 0 aliphatic heterocycles. The molecule has 0 unspecified atom stereocenters. The second-order valence-corrected chi connectivity index (χ2v) is 7.00. The van der Waals surface area contributed by atoms with Crippen molar-refractivity contribution in [2.75, 3.05) is 11.1 Å².